The van der Waals surface area contributed by atoms with Gasteiger partial charge >= 0.3 is 5.63 Å². The van der Waals surface area contributed by atoms with E-state index in [0.717, 1.165) is 10.9 Å². The number of rotatable bonds is 3. The summed E-state index contributed by atoms with van der Waals surface area (Å²) in [6, 6.07) is 12.1. The molecule has 23 heavy (non-hydrogen) atoms. The minimum atomic E-state index is -3.78. The second kappa shape index (κ2) is 5.72. The summed E-state index contributed by atoms with van der Waals surface area (Å²) in [7, 11) is -3.78. The van der Waals surface area contributed by atoms with Crippen molar-refractivity contribution in [1.82, 2.24) is 0 Å². The van der Waals surface area contributed by atoms with Gasteiger partial charge in [-0.2, -0.15) is 0 Å². The Balaban J connectivity index is 2.03. The fourth-order valence-electron chi connectivity index (χ4n) is 2.24. The Morgan fingerprint density at radius 1 is 1.09 bits per heavy atom. The molecule has 0 fully saturated rings. The lowest BCUT2D eigenvalue weighted by atomic mass is 10.1. The maximum Gasteiger partial charge on any atom is 0.336 e. The van der Waals surface area contributed by atoms with Gasteiger partial charge in [0.25, 0.3) is 10.0 Å². The number of nitrogens with one attached hydrogen (secondary N) is 1. The van der Waals surface area contributed by atoms with E-state index in [4.69, 9.17) is 16.0 Å². The standard InChI is InChI=1S/C16H12ClNO4S/c1-10-7-16(19)22-15-9-12(5-6-14(10)15)18-23(20,21)13-4-2-3-11(17)8-13/h2-9,18H,1H3. The van der Waals surface area contributed by atoms with Crippen LogP contribution in [0.1, 0.15) is 5.56 Å². The predicted octanol–water partition coefficient (Wildman–Crippen LogP) is 3.56. The van der Waals surface area contributed by atoms with Gasteiger partial charge in [-0.3, -0.25) is 4.72 Å². The average molecular weight is 350 g/mol. The first-order chi connectivity index (χ1) is 10.8. The van der Waals surface area contributed by atoms with Gasteiger partial charge in [0, 0.05) is 22.5 Å². The zero-order valence-electron chi connectivity index (χ0n) is 12.0. The second-order valence-electron chi connectivity index (χ2n) is 5.02. The van der Waals surface area contributed by atoms with Gasteiger partial charge in [0.1, 0.15) is 5.58 Å². The van der Waals surface area contributed by atoms with Crippen LogP contribution in [-0.4, -0.2) is 8.42 Å². The molecular formula is C16H12ClNO4S. The van der Waals surface area contributed by atoms with Crippen molar-refractivity contribution in [3.05, 3.63) is 69.5 Å². The summed E-state index contributed by atoms with van der Waals surface area (Å²) in [5.41, 5.74) is 0.901. The van der Waals surface area contributed by atoms with Gasteiger partial charge in [0.15, 0.2) is 0 Å². The van der Waals surface area contributed by atoms with Crippen molar-refractivity contribution in [3.8, 4) is 0 Å². The SMILES string of the molecule is Cc1cc(=O)oc2cc(NS(=O)(=O)c3cccc(Cl)c3)ccc12. The number of hydrogen-bond donors (Lipinski definition) is 1. The lowest BCUT2D eigenvalue weighted by Crippen LogP contribution is -2.13. The molecule has 3 aromatic rings. The Labute approximate surface area is 137 Å². The molecule has 0 saturated heterocycles. The highest BCUT2D eigenvalue weighted by Gasteiger charge is 2.15. The lowest BCUT2D eigenvalue weighted by Gasteiger charge is -2.09. The Kier molecular flexibility index (Phi) is 3.87. The molecule has 1 aromatic heterocycles. The monoisotopic (exact) mass is 349 g/mol. The quantitative estimate of drug-likeness (QED) is 0.733. The molecule has 1 N–H and O–H groups in total. The first-order valence-corrected chi connectivity index (χ1v) is 8.54. The number of aryl methyl sites for hydroxylation is 1. The van der Waals surface area contributed by atoms with Crippen LogP contribution in [0.2, 0.25) is 5.02 Å². The highest BCUT2D eigenvalue weighted by molar-refractivity contribution is 7.92. The molecule has 0 unspecified atom stereocenters. The number of fused-ring (bicyclic) bond motifs is 1. The molecule has 118 valence electrons. The van der Waals surface area contributed by atoms with Crippen LogP contribution in [-0.2, 0) is 10.0 Å². The lowest BCUT2D eigenvalue weighted by molar-refractivity contribution is 0.560. The Morgan fingerprint density at radius 3 is 2.61 bits per heavy atom. The van der Waals surface area contributed by atoms with Gasteiger partial charge in [-0.15, -0.1) is 0 Å². The third-order valence-electron chi connectivity index (χ3n) is 3.31. The molecule has 0 aliphatic heterocycles. The van der Waals surface area contributed by atoms with Crippen molar-refractivity contribution in [2.45, 2.75) is 11.8 Å². The minimum absolute atomic E-state index is 0.0517. The highest BCUT2D eigenvalue weighted by atomic mass is 35.5. The number of sulfonamides is 1. The van der Waals surface area contributed by atoms with Gasteiger partial charge < -0.3 is 4.42 Å². The summed E-state index contributed by atoms with van der Waals surface area (Å²) in [5, 5.41) is 1.07. The fraction of sp³-hybridized carbons (Fsp3) is 0.0625. The van der Waals surface area contributed by atoms with Crippen LogP contribution < -0.4 is 10.3 Å². The number of halogens is 1. The van der Waals surface area contributed by atoms with Gasteiger partial charge in [-0.1, -0.05) is 17.7 Å². The Bertz CT molecular complexity index is 1060. The maximum absolute atomic E-state index is 12.4. The summed E-state index contributed by atoms with van der Waals surface area (Å²) in [5.74, 6) is 0. The molecule has 0 amide bonds. The molecule has 0 spiro atoms. The molecule has 3 rings (SSSR count). The minimum Gasteiger partial charge on any atom is -0.423 e. The van der Waals surface area contributed by atoms with Gasteiger partial charge in [-0.05, 0) is 42.8 Å². The summed E-state index contributed by atoms with van der Waals surface area (Å²) in [6.07, 6.45) is 0. The van der Waals surface area contributed by atoms with E-state index in [1.54, 1.807) is 31.2 Å². The smallest absolute Gasteiger partial charge is 0.336 e. The number of anilines is 1. The first-order valence-electron chi connectivity index (χ1n) is 6.68. The van der Waals surface area contributed by atoms with Crippen LogP contribution in [0.3, 0.4) is 0 Å². The van der Waals surface area contributed by atoms with E-state index in [9.17, 15) is 13.2 Å². The zero-order valence-corrected chi connectivity index (χ0v) is 13.6. The van der Waals surface area contributed by atoms with E-state index >= 15 is 0 Å². The van der Waals surface area contributed by atoms with E-state index < -0.39 is 15.6 Å². The van der Waals surface area contributed by atoms with E-state index in [-0.39, 0.29) is 4.90 Å². The Hall–Kier alpha value is -2.31. The van der Waals surface area contributed by atoms with Gasteiger partial charge in [0.05, 0.1) is 10.6 Å². The van der Waals surface area contributed by atoms with Gasteiger partial charge in [0.2, 0.25) is 0 Å². The number of benzene rings is 2. The molecule has 1 heterocycles. The van der Waals surface area contributed by atoms with Crippen LogP contribution in [0.4, 0.5) is 5.69 Å². The van der Waals surface area contributed by atoms with Crippen LogP contribution in [0.15, 0.2) is 62.6 Å². The molecule has 0 aliphatic rings. The third kappa shape index (κ3) is 3.23. The third-order valence-corrected chi connectivity index (χ3v) is 4.92. The van der Waals surface area contributed by atoms with Crippen molar-refractivity contribution in [2.24, 2.45) is 0 Å². The van der Waals surface area contributed by atoms with Crippen molar-refractivity contribution in [3.63, 3.8) is 0 Å². The van der Waals surface area contributed by atoms with Crippen molar-refractivity contribution >= 4 is 38.3 Å². The summed E-state index contributed by atoms with van der Waals surface area (Å²) < 4.78 is 32.3. The maximum atomic E-state index is 12.4. The fourth-order valence-corrected chi connectivity index (χ4v) is 3.59. The van der Waals surface area contributed by atoms with Crippen molar-refractivity contribution in [2.75, 3.05) is 4.72 Å². The molecule has 0 aliphatic carbocycles. The molecule has 0 atom stereocenters. The molecule has 2 aromatic carbocycles. The molecular weight excluding hydrogens is 338 g/mol. The van der Waals surface area contributed by atoms with Crippen LogP contribution in [0.5, 0.6) is 0 Å². The zero-order chi connectivity index (χ0) is 16.6. The largest absolute Gasteiger partial charge is 0.423 e. The molecule has 0 saturated carbocycles. The van der Waals surface area contributed by atoms with E-state index in [0.29, 0.717) is 16.3 Å². The summed E-state index contributed by atoms with van der Waals surface area (Å²) >= 11 is 5.82. The summed E-state index contributed by atoms with van der Waals surface area (Å²) in [6.45, 7) is 1.79. The van der Waals surface area contributed by atoms with E-state index in [1.165, 1.54) is 24.3 Å². The van der Waals surface area contributed by atoms with Crippen molar-refractivity contribution in [1.29, 1.82) is 0 Å². The highest BCUT2D eigenvalue weighted by Crippen LogP contribution is 2.23. The van der Waals surface area contributed by atoms with Crippen molar-refractivity contribution < 1.29 is 12.8 Å². The normalized spacial score (nSPS) is 11.6. The second-order valence-corrected chi connectivity index (χ2v) is 7.14. The summed E-state index contributed by atoms with van der Waals surface area (Å²) in [4.78, 5) is 11.5. The van der Waals surface area contributed by atoms with Crippen LogP contribution in [0, 0.1) is 6.92 Å². The van der Waals surface area contributed by atoms with E-state index in [1.807, 2.05) is 0 Å². The van der Waals surface area contributed by atoms with E-state index in [2.05, 4.69) is 4.72 Å². The van der Waals surface area contributed by atoms with Crippen LogP contribution in [0.25, 0.3) is 11.0 Å². The topological polar surface area (TPSA) is 76.4 Å². The van der Waals surface area contributed by atoms with Crippen LogP contribution >= 0.6 is 11.6 Å². The molecule has 7 heteroatoms. The molecule has 0 bridgehead atoms. The predicted molar refractivity (Wildman–Crippen MR) is 89.5 cm³/mol. The molecule has 5 nitrogen and oxygen atoms in total. The average Bonchev–Trinajstić information content (AvgIpc) is 2.46. The number of hydrogen-bond acceptors (Lipinski definition) is 4. The molecule has 0 radical (unpaired) electrons. The van der Waals surface area contributed by atoms with Gasteiger partial charge in [-0.25, -0.2) is 13.2 Å². The Morgan fingerprint density at radius 2 is 1.87 bits per heavy atom. The first kappa shape index (κ1) is 15.6.